The summed E-state index contributed by atoms with van der Waals surface area (Å²) in [5, 5.41) is 2.96. The van der Waals surface area contributed by atoms with Crippen molar-refractivity contribution < 1.29 is 17.9 Å². The maximum absolute atomic E-state index is 13.2. The van der Waals surface area contributed by atoms with E-state index < -0.39 is 10.0 Å². The zero-order valence-electron chi connectivity index (χ0n) is 16.9. The number of nitrogens with zero attached hydrogens (tertiary/aromatic N) is 1. The summed E-state index contributed by atoms with van der Waals surface area (Å²) in [7, 11) is -2.27. The molecule has 0 aliphatic carbocycles. The van der Waals surface area contributed by atoms with E-state index in [0.29, 0.717) is 31.7 Å². The number of sulfonamides is 1. The lowest BCUT2D eigenvalue weighted by molar-refractivity contribution is -0.126. The Morgan fingerprint density at radius 1 is 1.21 bits per heavy atom. The summed E-state index contributed by atoms with van der Waals surface area (Å²) in [6.07, 6.45) is 2.10. The average Bonchev–Trinajstić information content (AvgIpc) is 2.74. The fourth-order valence-electron chi connectivity index (χ4n) is 3.62. The third-order valence-electron chi connectivity index (χ3n) is 5.25. The summed E-state index contributed by atoms with van der Waals surface area (Å²) in [5.41, 5.74) is 2.00. The van der Waals surface area contributed by atoms with E-state index in [4.69, 9.17) is 4.74 Å². The summed E-state index contributed by atoms with van der Waals surface area (Å²) >= 11 is 0. The van der Waals surface area contributed by atoms with Crippen molar-refractivity contribution >= 4 is 15.9 Å². The smallest absolute Gasteiger partial charge is 0.246 e. The Labute approximate surface area is 172 Å². The number of aryl methyl sites for hydroxylation is 1. The molecule has 6 nitrogen and oxygen atoms in total. The number of rotatable bonds is 7. The first-order valence-electron chi connectivity index (χ1n) is 9.88. The number of amides is 1. The van der Waals surface area contributed by atoms with Crippen LogP contribution in [0.25, 0.3) is 0 Å². The van der Waals surface area contributed by atoms with Crippen LogP contribution in [0, 0.1) is 12.8 Å². The molecule has 1 atom stereocenters. The van der Waals surface area contributed by atoms with Crippen LogP contribution in [0.15, 0.2) is 53.4 Å². The van der Waals surface area contributed by atoms with Gasteiger partial charge in [0.1, 0.15) is 10.6 Å². The molecule has 0 aromatic heterocycles. The molecule has 156 valence electrons. The number of methoxy groups -OCH3 is 1. The molecule has 1 aliphatic heterocycles. The van der Waals surface area contributed by atoms with Gasteiger partial charge in [-0.05, 0) is 49.4 Å². The van der Waals surface area contributed by atoms with E-state index in [0.717, 1.165) is 17.5 Å². The third kappa shape index (κ3) is 5.16. The Balaban J connectivity index is 1.65. The van der Waals surface area contributed by atoms with Gasteiger partial charge in [-0.1, -0.05) is 36.4 Å². The molecular formula is C22H28N2O4S. The molecule has 1 heterocycles. The largest absolute Gasteiger partial charge is 0.495 e. The molecule has 3 rings (SSSR count). The molecule has 0 saturated carbocycles. The lowest BCUT2D eigenvalue weighted by Crippen LogP contribution is -2.45. The van der Waals surface area contributed by atoms with Gasteiger partial charge in [0.2, 0.25) is 15.9 Å². The van der Waals surface area contributed by atoms with Gasteiger partial charge >= 0.3 is 0 Å². The van der Waals surface area contributed by atoms with Crippen molar-refractivity contribution in [2.45, 2.75) is 31.1 Å². The highest BCUT2D eigenvalue weighted by atomic mass is 32.2. The first kappa shape index (κ1) is 21.3. The molecule has 1 saturated heterocycles. The first-order chi connectivity index (χ1) is 13.9. The predicted molar refractivity (Wildman–Crippen MR) is 112 cm³/mol. The van der Waals surface area contributed by atoms with Crippen LogP contribution in [-0.4, -0.2) is 45.4 Å². The van der Waals surface area contributed by atoms with E-state index in [1.54, 1.807) is 12.1 Å². The summed E-state index contributed by atoms with van der Waals surface area (Å²) < 4.78 is 33.1. The Kier molecular flexibility index (Phi) is 6.92. The van der Waals surface area contributed by atoms with Crippen molar-refractivity contribution in [3.8, 4) is 5.75 Å². The van der Waals surface area contributed by atoms with Gasteiger partial charge in [0.25, 0.3) is 0 Å². The molecule has 1 aliphatic rings. The number of nitrogens with one attached hydrogen (secondary N) is 1. The Bertz CT molecular complexity index is 945. The molecular weight excluding hydrogens is 388 g/mol. The normalized spacial score (nSPS) is 17.7. The molecule has 0 spiro atoms. The molecule has 2 aromatic carbocycles. The van der Waals surface area contributed by atoms with Crippen LogP contribution in [0.1, 0.15) is 24.0 Å². The quantitative estimate of drug-likeness (QED) is 0.753. The van der Waals surface area contributed by atoms with Crippen molar-refractivity contribution in [1.82, 2.24) is 9.62 Å². The fraction of sp³-hybridized carbons (Fsp3) is 0.409. The first-order valence-corrected chi connectivity index (χ1v) is 11.3. The van der Waals surface area contributed by atoms with Crippen molar-refractivity contribution in [2.24, 2.45) is 5.92 Å². The van der Waals surface area contributed by atoms with Crippen LogP contribution in [0.5, 0.6) is 5.75 Å². The average molecular weight is 417 g/mol. The fourth-order valence-corrected chi connectivity index (χ4v) is 5.38. The van der Waals surface area contributed by atoms with Gasteiger partial charge in [0, 0.05) is 19.6 Å². The molecule has 2 aromatic rings. The van der Waals surface area contributed by atoms with E-state index in [2.05, 4.69) is 5.32 Å². The number of ether oxygens (including phenoxy) is 1. The number of carbonyl (C=O) groups excluding carboxylic acids is 1. The minimum atomic E-state index is -3.73. The minimum absolute atomic E-state index is 0.0861. The van der Waals surface area contributed by atoms with Gasteiger partial charge in [-0.25, -0.2) is 8.42 Å². The van der Waals surface area contributed by atoms with Crippen molar-refractivity contribution in [3.05, 3.63) is 59.7 Å². The molecule has 29 heavy (non-hydrogen) atoms. The molecule has 7 heteroatoms. The molecule has 1 fully saturated rings. The van der Waals surface area contributed by atoms with Crippen molar-refractivity contribution in [3.63, 3.8) is 0 Å². The predicted octanol–water partition coefficient (Wildman–Crippen LogP) is 2.76. The Morgan fingerprint density at radius 3 is 2.69 bits per heavy atom. The van der Waals surface area contributed by atoms with Crippen LogP contribution < -0.4 is 10.1 Å². The maximum Gasteiger partial charge on any atom is 0.246 e. The second-order valence-electron chi connectivity index (χ2n) is 7.38. The van der Waals surface area contributed by atoms with Crippen LogP contribution >= 0.6 is 0 Å². The zero-order valence-corrected chi connectivity index (χ0v) is 17.7. The number of hydrogen-bond acceptors (Lipinski definition) is 4. The van der Waals surface area contributed by atoms with E-state index in [9.17, 15) is 13.2 Å². The lowest BCUT2D eigenvalue weighted by Gasteiger charge is -2.31. The number of hydrogen-bond donors (Lipinski definition) is 1. The Morgan fingerprint density at radius 2 is 1.97 bits per heavy atom. The minimum Gasteiger partial charge on any atom is -0.495 e. The summed E-state index contributed by atoms with van der Waals surface area (Å²) in [4.78, 5) is 12.8. The van der Waals surface area contributed by atoms with Gasteiger partial charge in [0.05, 0.1) is 13.0 Å². The highest BCUT2D eigenvalue weighted by molar-refractivity contribution is 7.89. The van der Waals surface area contributed by atoms with Crippen LogP contribution in [0.4, 0.5) is 0 Å². The second kappa shape index (κ2) is 9.41. The monoisotopic (exact) mass is 416 g/mol. The third-order valence-corrected chi connectivity index (χ3v) is 7.13. The van der Waals surface area contributed by atoms with Gasteiger partial charge in [0.15, 0.2) is 0 Å². The zero-order chi connectivity index (χ0) is 20.9. The van der Waals surface area contributed by atoms with Gasteiger partial charge in [-0.3, -0.25) is 4.79 Å². The summed E-state index contributed by atoms with van der Waals surface area (Å²) in [6, 6.07) is 15.1. The molecule has 0 bridgehead atoms. The number of piperidine rings is 1. The van der Waals surface area contributed by atoms with Gasteiger partial charge in [-0.2, -0.15) is 4.31 Å². The highest BCUT2D eigenvalue weighted by Gasteiger charge is 2.34. The van der Waals surface area contributed by atoms with Gasteiger partial charge < -0.3 is 10.1 Å². The molecule has 0 unspecified atom stereocenters. The van der Waals surface area contributed by atoms with E-state index in [-0.39, 0.29) is 23.3 Å². The number of benzene rings is 2. The summed E-state index contributed by atoms with van der Waals surface area (Å²) in [6.45, 7) is 2.99. The van der Waals surface area contributed by atoms with E-state index in [1.165, 1.54) is 11.4 Å². The molecule has 0 radical (unpaired) electrons. The summed E-state index contributed by atoms with van der Waals surface area (Å²) in [5.74, 6) is -0.104. The lowest BCUT2D eigenvalue weighted by atomic mass is 9.99. The SMILES string of the molecule is COc1ccc(C)cc1S(=O)(=O)N1CCC[C@@H](C(=O)NCCc2ccccc2)C1. The Hall–Kier alpha value is -2.38. The van der Waals surface area contributed by atoms with Crippen LogP contribution in [0.2, 0.25) is 0 Å². The van der Waals surface area contributed by atoms with E-state index in [1.807, 2.05) is 43.3 Å². The maximum atomic E-state index is 13.2. The molecule has 1 amide bonds. The standard InChI is InChI=1S/C22H28N2O4S/c1-17-10-11-20(28-2)21(15-17)29(26,27)24-14-6-9-19(16-24)22(25)23-13-12-18-7-4-3-5-8-18/h3-5,7-8,10-11,15,19H,6,9,12-14,16H2,1-2H3,(H,23,25)/t19-/m1/s1. The van der Waals surface area contributed by atoms with Crippen LogP contribution in [0.3, 0.4) is 0 Å². The van der Waals surface area contributed by atoms with Gasteiger partial charge in [-0.15, -0.1) is 0 Å². The van der Waals surface area contributed by atoms with Crippen molar-refractivity contribution in [2.75, 3.05) is 26.7 Å². The molecule has 1 N–H and O–H groups in total. The van der Waals surface area contributed by atoms with Crippen LogP contribution in [-0.2, 0) is 21.2 Å². The topological polar surface area (TPSA) is 75.7 Å². The van der Waals surface area contributed by atoms with Crippen molar-refractivity contribution in [1.29, 1.82) is 0 Å². The van der Waals surface area contributed by atoms with E-state index >= 15 is 0 Å². The number of carbonyl (C=O) groups is 1. The second-order valence-corrected chi connectivity index (χ2v) is 9.29. The highest BCUT2D eigenvalue weighted by Crippen LogP contribution is 2.30.